The van der Waals surface area contributed by atoms with Crippen molar-refractivity contribution < 1.29 is 19.3 Å². The fourth-order valence-corrected chi connectivity index (χ4v) is 2.05. The van der Waals surface area contributed by atoms with E-state index in [1.165, 1.54) is 0 Å². The third kappa shape index (κ3) is 5.28. The predicted octanol–water partition coefficient (Wildman–Crippen LogP) is 2.11. The van der Waals surface area contributed by atoms with Crippen LogP contribution in [0.25, 0.3) is 0 Å². The molecule has 106 valence electrons. The Morgan fingerprint density at radius 3 is 2.79 bits per heavy atom. The van der Waals surface area contributed by atoms with Crippen LogP contribution in [0.15, 0.2) is 30.3 Å². The maximum Gasteiger partial charge on any atom is 0.158 e. The van der Waals surface area contributed by atoms with Gasteiger partial charge >= 0.3 is 0 Å². The molecular weight excluding hydrogens is 244 g/mol. The standard InChI is InChI=1S/C15H22O4/c16-10-14(19-15-8-4-5-9-18-15)12-17-11-13-6-2-1-3-7-13/h1-3,6-7,14-16H,4-5,8-12H2/t14-,15?/m1/s1. The highest BCUT2D eigenvalue weighted by Gasteiger charge is 2.19. The molecule has 1 heterocycles. The second-order valence-electron chi connectivity index (χ2n) is 4.74. The zero-order chi connectivity index (χ0) is 13.3. The van der Waals surface area contributed by atoms with Gasteiger partial charge in [0.05, 0.1) is 19.8 Å². The Hall–Kier alpha value is -0.940. The summed E-state index contributed by atoms with van der Waals surface area (Å²) in [6.45, 7) is 1.61. The summed E-state index contributed by atoms with van der Waals surface area (Å²) in [6, 6.07) is 9.96. The van der Waals surface area contributed by atoms with Gasteiger partial charge in [0.15, 0.2) is 6.29 Å². The van der Waals surface area contributed by atoms with Crippen LogP contribution in [0.1, 0.15) is 24.8 Å². The van der Waals surface area contributed by atoms with Crippen LogP contribution in [0.5, 0.6) is 0 Å². The summed E-state index contributed by atoms with van der Waals surface area (Å²) >= 11 is 0. The molecule has 1 aromatic rings. The van der Waals surface area contributed by atoms with Crippen molar-refractivity contribution in [1.82, 2.24) is 0 Å². The highest BCUT2D eigenvalue weighted by molar-refractivity contribution is 5.13. The van der Waals surface area contributed by atoms with E-state index in [4.69, 9.17) is 14.2 Å². The van der Waals surface area contributed by atoms with Gasteiger partial charge in [0.2, 0.25) is 0 Å². The second-order valence-corrected chi connectivity index (χ2v) is 4.74. The summed E-state index contributed by atoms with van der Waals surface area (Å²) < 4.78 is 16.7. The number of hydrogen-bond donors (Lipinski definition) is 1. The summed E-state index contributed by atoms with van der Waals surface area (Å²) in [5.74, 6) is 0. The molecule has 4 heteroatoms. The van der Waals surface area contributed by atoms with Gasteiger partial charge in [-0.25, -0.2) is 0 Å². The van der Waals surface area contributed by atoms with Crippen LogP contribution in [0.3, 0.4) is 0 Å². The molecule has 0 spiro atoms. The van der Waals surface area contributed by atoms with Crippen molar-refractivity contribution >= 4 is 0 Å². The van der Waals surface area contributed by atoms with E-state index in [1.807, 2.05) is 30.3 Å². The van der Waals surface area contributed by atoms with Gasteiger partial charge in [-0.05, 0) is 24.8 Å². The number of benzene rings is 1. The molecule has 0 bridgehead atoms. The lowest BCUT2D eigenvalue weighted by atomic mass is 10.2. The molecule has 1 N–H and O–H groups in total. The van der Waals surface area contributed by atoms with Gasteiger partial charge in [0.1, 0.15) is 6.10 Å². The molecule has 2 rings (SSSR count). The van der Waals surface area contributed by atoms with Gasteiger partial charge in [-0.3, -0.25) is 0 Å². The van der Waals surface area contributed by atoms with E-state index in [0.29, 0.717) is 13.2 Å². The lowest BCUT2D eigenvalue weighted by Gasteiger charge is -2.26. The van der Waals surface area contributed by atoms with Crippen LogP contribution in [0.2, 0.25) is 0 Å². The smallest absolute Gasteiger partial charge is 0.158 e. The minimum atomic E-state index is -0.313. The first-order valence-corrected chi connectivity index (χ1v) is 6.88. The summed E-state index contributed by atoms with van der Waals surface area (Å²) in [5, 5.41) is 9.29. The number of hydrogen-bond acceptors (Lipinski definition) is 4. The summed E-state index contributed by atoms with van der Waals surface area (Å²) in [6.07, 6.45) is 2.61. The van der Waals surface area contributed by atoms with Gasteiger partial charge in [-0.15, -0.1) is 0 Å². The van der Waals surface area contributed by atoms with Crippen molar-refractivity contribution in [1.29, 1.82) is 0 Å². The molecule has 1 aromatic carbocycles. The minimum Gasteiger partial charge on any atom is -0.394 e. The van der Waals surface area contributed by atoms with Crippen LogP contribution < -0.4 is 0 Å². The van der Waals surface area contributed by atoms with Crippen LogP contribution in [-0.2, 0) is 20.8 Å². The molecule has 0 amide bonds. The van der Waals surface area contributed by atoms with E-state index in [1.54, 1.807) is 0 Å². The number of ether oxygens (including phenoxy) is 3. The van der Waals surface area contributed by atoms with Gasteiger partial charge in [-0.1, -0.05) is 30.3 Å². The Balaban J connectivity index is 1.67. The Morgan fingerprint density at radius 2 is 2.11 bits per heavy atom. The van der Waals surface area contributed by atoms with Crippen LogP contribution in [0, 0.1) is 0 Å². The molecule has 1 aliphatic rings. The number of aliphatic hydroxyl groups is 1. The van der Waals surface area contributed by atoms with E-state index < -0.39 is 0 Å². The van der Waals surface area contributed by atoms with Crippen molar-refractivity contribution in [2.24, 2.45) is 0 Å². The molecule has 0 aliphatic carbocycles. The molecule has 2 atom stereocenters. The first-order chi connectivity index (χ1) is 9.38. The quantitative estimate of drug-likeness (QED) is 0.821. The average Bonchev–Trinajstić information content (AvgIpc) is 2.48. The normalized spacial score (nSPS) is 21.2. The van der Waals surface area contributed by atoms with E-state index in [-0.39, 0.29) is 19.0 Å². The molecular formula is C15H22O4. The van der Waals surface area contributed by atoms with E-state index >= 15 is 0 Å². The monoisotopic (exact) mass is 266 g/mol. The number of aliphatic hydroxyl groups excluding tert-OH is 1. The van der Waals surface area contributed by atoms with Crippen molar-refractivity contribution in [2.45, 2.75) is 38.3 Å². The third-order valence-corrected chi connectivity index (χ3v) is 3.10. The largest absolute Gasteiger partial charge is 0.394 e. The van der Waals surface area contributed by atoms with E-state index in [0.717, 1.165) is 31.4 Å². The Kier molecular flexibility index (Phi) is 6.30. The second kappa shape index (κ2) is 8.27. The molecule has 1 saturated heterocycles. The molecule has 4 nitrogen and oxygen atoms in total. The maximum atomic E-state index is 9.29. The highest BCUT2D eigenvalue weighted by Crippen LogP contribution is 2.15. The topological polar surface area (TPSA) is 47.9 Å². The lowest BCUT2D eigenvalue weighted by Crippen LogP contribution is -2.32. The first kappa shape index (κ1) is 14.5. The van der Waals surface area contributed by atoms with E-state index in [9.17, 15) is 5.11 Å². The van der Waals surface area contributed by atoms with Crippen molar-refractivity contribution in [2.75, 3.05) is 19.8 Å². The van der Waals surface area contributed by atoms with Crippen molar-refractivity contribution in [3.8, 4) is 0 Å². The van der Waals surface area contributed by atoms with E-state index in [2.05, 4.69) is 0 Å². The SMILES string of the molecule is OC[C@H](COCc1ccccc1)OC1CCCCO1. The summed E-state index contributed by atoms with van der Waals surface area (Å²) in [5.41, 5.74) is 1.12. The summed E-state index contributed by atoms with van der Waals surface area (Å²) in [4.78, 5) is 0. The molecule has 0 aromatic heterocycles. The maximum absolute atomic E-state index is 9.29. The van der Waals surface area contributed by atoms with Gasteiger partial charge in [0, 0.05) is 6.61 Å². The molecule has 0 saturated carbocycles. The molecule has 1 fully saturated rings. The number of rotatable bonds is 7. The van der Waals surface area contributed by atoms with Gasteiger partial charge < -0.3 is 19.3 Å². The molecule has 19 heavy (non-hydrogen) atoms. The Labute approximate surface area is 114 Å². The molecule has 0 radical (unpaired) electrons. The Bertz CT molecular complexity index is 335. The van der Waals surface area contributed by atoms with Crippen molar-refractivity contribution in [3.63, 3.8) is 0 Å². The zero-order valence-corrected chi connectivity index (χ0v) is 11.2. The highest BCUT2D eigenvalue weighted by atomic mass is 16.7. The summed E-state index contributed by atoms with van der Waals surface area (Å²) in [7, 11) is 0. The fourth-order valence-electron chi connectivity index (χ4n) is 2.05. The van der Waals surface area contributed by atoms with Crippen LogP contribution in [-0.4, -0.2) is 37.3 Å². The predicted molar refractivity (Wildman–Crippen MR) is 71.6 cm³/mol. The van der Waals surface area contributed by atoms with Gasteiger partial charge in [-0.2, -0.15) is 0 Å². The Morgan fingerprint density at radius 1 is 1.26 bits per heavy atom. The van der Waals surface area contributed by atoms with Crippen LogP contribution >= 0.6 is 0 Å². The molecule has 1 aliphatic heterocycles. The zero-order valence-electron chi connectivity index (χ0n) is 11.2. The molecule has 1 unspecified atom stereocenters. The lowest BCUT2D eigenvalue weighted by molar-refractivity contribution is -0.205. The van der Waals surface area contributed by atoms with Crippen molar-refractivity contribution in [3.05, 3.63) is 35.9 Å². The minimum absolute atomic E-state index is 0.0470. The van der Waals surface area contributed by atoms with Crippen LogP contribution in [0.4, 0.5) is 0 Å². The third-order valence-electron chi connectivity index (χ3n) is 3.10. The first-order valence-electron chi connectivity index (χ1n) is 6.88. The fraction of sp³-hybridized carbons (Fsp3) is 0.600. The average molecular weight is 266 g/mol. The van der Waals surface area contributed by atoms with Gasteiger partial charge in [0.25, 0.3) is 0 Å².